The molecule has 16 heteroatoms. The van der Waals surface area contributed by atoms with Gasteiger partial charge < -0.3 is 31.3 Å². The number of carbonyl (C=O) groups excluding carboxylic acids is 3. The molecule has 1 saturated heterocycles. The van der Waals surface area contributed by atoms with E-state index in [1.165, 1.54) is 0 Å². The Balaban J connectivity index is 1.98. The summed E-state index contributed by atoms with van der Waals surface area (Å²) in [6.07, 6.45) is 0.810. The van der Waals surface area contributed by atoms with Crippen molar-refractivity contribution in [1.29, 1.82) is 0 Å². The molecule has 3 amide bonds. The van der Waals surface area contributed by atoms with Gasteiger partial charge in [0.15, 0.2) is 0 Å². The first-order valence-electron chi connectivity index (χ1n) is 14.4. The molecule has 0 aromatic heterocycles. The Morgan fingerprint density at radius 2 is 1.02 bits per heavy atom. The number of amides is 3. The van der Waals surface area contributed by atoms with Crippen LogP contribution in [0, 0.1) is 0 Å². The summed E-state index contributed by atoms with van der Waals surface area (Å²) >= 11 is 0. The minimum atomic E-state index is -1.04. The molecule has 0 radical (unpaired) electrons. The number of hydrogen-bond donors (Lipinski definition) is 6. The molecular weight excluding hydrogens is 578 g/mol. The topological polar surface area (TPSA) is 212 Å². The molecule has 1 heterocycles. The zero-order valence-corrected chi connectivity index (χ0v) is 25.0. The van der Waals surface area contributed by atoms with Crippen LogP contribution in [-0.2, 0) is 24.0 Å². The summed E-state index contributed by atoms with van der Waals surface area (Å²) in [5.41, 5.74) is 0.913. The Kier molecular flexibility index (Phi) is 15.8. The van der Waals surface area contributed by atoms with Crippen molar-refractivity contribution in [2.75, 3.05) is 96.9 Å². The summed E-state index contributed by atoms with van der Waals surface area (Å²) in [5.74, 6) is -4.25. The van der Waals surface area contributed by atoms with E-state index in [0.29, 0.717) is 17.8 Å². The van der Waals surface area contributed by atoms with Crippen LogP contribution in [0.2, 0.25) is 0 Å². The van der Waals surface area contributed by atoms with Crippen molar-refractivity contribution >= 4 is 41.3 Å². The Bertz CT molecular complexity index is 1100. The smallest absolute Gasteiger partial charge is 0.317 e. The predicted molar refractivity (Wildman–Crippen MR) is 159 cm³/mol. The van der Waals surface area contributed by atoms with Crippen LogP contribution in [0.4, 0.5) is 5.69 Å². The molecule has 1 aliphatic heterocycles. The van der Waals surface area contributed by atoms with Crippen LogP contribution >= 0.6 is 0 Å². The predicted octanol–water partition coefficient (Wildman–Crippen LogP) is -1.64. The van der Waals surface area contributed by atoms with Crippen molar-refractivity contribution in [2.24, 2.45) is 0 Å². The lowest BCUT2D eigenvalue weighted by molar-refractivity contribution is -0.140. The van der Waals surface area contributed by atoms with Crippen LogP contribution in [0.25, 0.3) is 0 Å². The SMILES string of the molecule is CCCNC(=O)c1ccc(NC(=O)CNC(=O)CN2CCN(CC(=O)O)CCN(CC(=O)O)CCN(CC(=O)O)CC2)cc1. The summed E-state index contributed by atoms with van der Waals surface area (Å²) < 4.78 is 0. The summed E-state index contributed by atoms with van der Waals surface area (Å²) in [4.78, 5) is 78.1. The third kappa shape index (κ3) is 14.9. The fourth-order valence-corrected chi connectivity index (χ4v) is 4.47. The van der Waals surface area contributed by atoms with E-state index in [0.717, 1.165) is 6.42 Å². The minimum Gasteiger partial charge on any atom is -0.480 e. The standard InChI is InChI=1S/C28H43N7O9/c1-2-7-29-28(44)21-3-5-22(6-4-21)31-23(36)16-30-24(37)17-32-8-10-33(18-25(38)39)12-14-35(20-27(42)43)15-13-34(11-9-32)19-26(40)41/h3-6H,2,7-20H2,1H3,(H,29,44)(H,30,37)(H,31,36)(H,38,39)(H,40,41)(H,42,43). The van der Waals surface area contributed by atoms with Crippen molar-refractivity contribution in [1.82, 2.24) is 30.2 Å². The highest BCUT2D eigenvalue weighted by Gasteiger charge is 2.21. The first-order chi connectivity index (χ1) is 20.9. The average molecular weight is 622 g/mol. The molecule has 44 heavy (non-hydrogen) atoms. The number of benzene rings is 1. The van der Waals surface area contributed by atoms with E-state index in [1.807, 2.05) is 6.92 Å². The van der Waals surface area contributed by atoms with E-state index >= 15 is 0 Å². The fourth-order valence-electron chi connectivity index (χ4n) is 4.47. The van der Waals surface area contributed by atoms with Gasteiger partial charge in [0, 0.05) is 70.2 Å². The number of carbonyl (C=O) groups is 6. The minimum absolute atomic E-state index is 0.109. The van der Waals surface area contributed by atoms with Gasteiger partial charge in [0.05, 0.1) is 32.7 Å². The van der Waals surface area contributed by atoms with E-state index in [4.69, 9.17) is 0 Å². The summed E-state index contributed by atoms with van der Waals surface area (Å²) in [6, 6.07) is 6.34. The van der Waals surface area contributed by atoms with Gasteiger partial charge in [-0.05, 0) is 30.7 Å². The van der Waals surface area contributed by atoms with Gasteiger partial charge >= 0.3 is 17.9 Å². The Morgan fingerprint density at radius 1 is 0.614 bits per heavy atom. The zero-order chi connectivity index (χ0) is 32.5. The van der Waals surface area contributed by atoms with Gasteiger partial charge in [-0.15, -0.1) is 0 Å². The number of nitrogens with one attached hydrogen (secondary N) is 3. The van der Waals surface area contributed by atoms with Crippen LogP contribution in [0.15, 0.2) is 24.3 Å². The normalized spacial score (nSPS) is 16.2. The first kappa shape index (κ1) is 36.1. The highest BCUT2D eigenvalue weighted by molar-refractivity contribution is 5.97. The molecule has 0 unspecified atom stereocenters. The Morgan fingerprint density at radius 3 is 1.41 bits per heavy atom. The van der Waals surface area contributed by atoms with Crippen LogP contribution in [0.3, 0.4) is 0 Å². The van der Waals surface area contributed by atoms with E-state index in [9.17, 15) is 44.1 Å². The van der Waals surface area contributed by atoms with Crippen molar-refractivity contribution in [3.63, 3.8) is 0 Å². The maximum atomic E-state index is 12.8. The number of carboxylic acids is 3. The molecule has 1 aliphatic rings. The second-order valence-electron chi connectivity index (χ2n) is 10.4. The maximum Gasteiger partial charge on any atom is 0.317 e. The van der Waals surface area contributed by atoms with Crippen molar-refractivity contribution in [2.45, 2.75) is 13.3 Å². The molecule has 16 nitrogen and oxygen atoms in total. The van der Waals surface area contributed by atoms with E-state index in [1.54, 1.807) is 43.9 Å². The molecule has 1 aromatic carbocycles. The zero-order valence-electron chi connectivity index (χ0n) is 25.0. The van der Waals surface area contributed by atoms with Crippen LogP contribution in [0.5, 0.6) is 0 Å². The number of carboxylic acid groups (broad SMARTS) is 3. The second-order valence-corrected chi connectivity index (χ2v) is 10.4. The van der Waals surface area contributed by atoms with Gasteiger partial charge in [0.1, 0.15) is 0 Å². The van der Waals surface area contributed by atoms with Gasteiger partial charge in [-0.2, -0.15) is 0 Å². The van der Waals surface area contributed by atoms with Crippen LogP contribution < -0.4 is 16.0 Å². The average Bonchev–Trinajstić information content (AvgIpc) is 2.95. The Hall–Kier alpha value is -4.12. The van der Waals surface area contributed by atoms with E-state index in [2.05, 4.69) is 16.0 Å². The molecule has 2 rings (SSSR count). The number of anilines is 1. The highest BCUT2D eigenvalue weighted by atomic mass is 16.4. The molecule has 0 saturated carbocycles. The fraction of sp³-hybridized carbons (Fsp3) is 0.571. The third-order valence-corrected chi connectivity index (χ3v) is 6.79. The van der Waals surface area contributed by atoms with E-state index < -0.39 is 29.7 Å². The first-order valence-corrected chi connectivity index (χ1v) is 14.4. The molecule has 0 atom stereocenters. The molecule has 1 fully saturated rings. The lowest BCUT2D eigenvalue weighted by Crippen LogP contribution is -2.50. The van der Waals surface area contributed by atoms with Gasteiger partial charge in [0.2, 0.25) is 11.8 Å². The summed E-state index contributed by atoms with van der Waals surface area (Å²) in [5, 5.41) is 35.9. The molecular formula is C28H43N7O9. The quantitative estimate of drug-likeness (QED) is 0.138. The van der Waals surface area contributed by atoms with Crippen molar-refractivity contribution in [3.8, 4) is 0 Å². The maximum absolute atomic E-state index is 12.8. The molecule has 1 aromatic rings. The summed E-state index contributed by atoms with van der Waals surface area (Å²) in [6.45, 7) is 3.47. The van der Waals surface area contributed by atoms with Crippen molar-refractivity contribution < 1.29 is 44.1 Å². The van der Waals surface area contributed by atoms with E-state index in [-0.39, 0.29) is 91.0 Å². The van der Waals surface area contributed by atoms with Gasteiger partial charge in [-0.25, -0.2) is 0 Å². The van der Waals surface area contributed by atoms with Crippen molar-refractivity contribution in [3.05, 3.63) is 29.8 Å². The Labute approximate surface area is 255 Å². The largest absolute Gasteiger partial charge is 0.480 e. The molecule has 244 valence electrons. The number of nitrogens with zero attached hydrogens (tertiary/aromatic N) is 4. The lowest BCUT2D eigenvalue weighted by atomic mass is 10.2. The molecule has 0 spiro atoms. The second kappa shape index (κ2) is 19.2. The van der Waals surface area contributed by atoms with Gasteiger partial charge in [-0.3, -0.25) is 48.4 Å². The number of hydrogen-bond acceptors (Lipinski definition) is 10. The summed E-state index contributed by atoms with van der Waals surface area (Å²) in [7, 11) is 0. The molecule has 0 aliphatic carbocycles. The van der Waals surface area contributed by atoms with Gasteiger partial charge in [0.25, 0.3) is 5.91 Å². The highest BCUT2D eigenvalue weighted by Crippen LogP contribution is 2.09. The van der Waals surface area contributed by atoms with Crippen LogP contribution in [0.1, 0.15) is 23.7 Å². The monoisotopic (exact) mass is 621 g/mol. The third-order valence-electron chi connectivity index (χ3n) is 6.79. The lowest BCUT2D eigenvalue weighted by Gasteiger charge is -2.32. The molecule has 6 N–H and O–H groups in total. The molecule has 0 bridgehead atoms. The number of rotatable bonds is 14. The van der Waals surface area contributed by atoms with Gasteiger partial charge in [-0.1, -0.05) is 6.92 Å². The number of aliphatic carboxylic acids is 3. The van der Waals surface area contributed by atoms with Crippen LogP contribution in [-0.4, -0.2) is 162 Å².